The number of hydrogen-bond donors (Lipinski definition) is 0. The third kappa shape index (κ3) is 5.87. The average molecular weight is 356 g/mol. The molecule has 0 aromatic heterocycles. The molecular weight excluding hydrogens is 333 g/mol. The summed E-state index contributed by atoms with van der Waals surface area (Å²) in [5, 5.41) is 0. The van der Waals surface area contributed by atoms with E-state index in [9.17, 15) is 13.2 Å². The highest BCUT2D eigenvalue weighted by molar-refractivity contribution is 5.53. The van der Waals surface area contributed by atoms with Crippen LogP contribution in [-0.4, -0.2) is 19.6 Å². The van der Waals surface area contributed by atoms with Gasteiger partial charge >= 0.3 is 6.36 Å². The van der Waals surface area contributed by atoms with E-state index in [-0.39, 0.29) is 11.5 Å². The summed E-state index contributed by atoms with van der Waals surface area (Å²) in [5.74, 6) is 1.45. The zero-order chi connectivity index (χ0) is 17.9. The van der Waals surface area contributed by atoms with Crippen LogP contribution in [0.3, 0.4) is 0 Å². The number of halogens is 3. The van der Waals surface area contributed by atoms with Crippen molar-refractivity contribution in [2.45, 2.75) is 45.4 Å². The van der Waals surface area contributed by atoms with Crippen molar-refractivity contribution in [3.63, 3.8) is 0 Å². The Morgan fingerprint density at radius 3 is 2.44 bits per heavy atom. The molecule has 2 aliphatic carbocycles. The molecule has 138 valence electrons. The zero-order valence-electron chi connectivity index (χ0n) is 14.3. The van der Waals surface area contributed by atoms with Gasteiger partial charge in [-0.2, -0.15) is 0 Å². The summed E-state index contributed by atoms with van der Waals surface area (Å²) >= 11 is 0. The van der Waals surface area contributed by atoms with Gasteiger partial charge in [0.05, 0.1) is 6.61 Å². The van der Waals surface area contributed by atoms with Crippen LogP contribution in [0.15, 0.2) is 24.3 Å². The summed E-state index contributed by atoms with van der Waals surface area (Å²) in [6.45, 7) is 2.27. The number of benzene rings is 1. The Hall–Kier alpha value is -1.85. The first-order valence-electron chi connectivity index (χ1n) is 8.74. The van der Waals surface area contributed by atoms with Crippen molar-refractivity contribution < 1.29 is 27.4 Å². The lowest BCUT2D eigenvalue weighted by molar-refractivity contribution is -0.275. The standard InChI is InChI=1S/C19H23F3O3/c1-13-16(23-11-2-3-14-4-5-14)8-9-17(18(13)25-19(20,21)22)24-12-10-15-6-7-15/h2-3,8-9,14-15H,4-7,10-12H2,1H3/b3-2+. The number of alkyl halides is 3. The third-order valence-corrected chi connectivity index (χ3v) is 4.38. The number of allylic oxidation sites excluding steroid dienone is 1. The van der Waals surface area contributed by atoms with Crippen molar-refractivity contribution in [1.82, 2.24) is 0 Å². The fraction of sp³-hybridized carbons (Fsp3) is 0.579. The largest absolute Gasteiger partial charge is 0.573 e. The molecule has 25 heavy (non-hydrogen) atoms. The second-order valence-electron chi connectivity index (χ2n) is 6.72. The van der Waals surface area contributed by atoms with E-state index in [1.807, 2.05) is 6.08 Å². The third-order valence-electron chi connectivity index (χ3n) is 4.38. The summed E-state index contributed by atoms with van der Waals surface area (Å²) in [5.41, 5.74) is 0.293. The highest BCUT2D eigenvalue weighted by Crippen LogP contribution is 2.41. The van der Waals surface area contributed by atoms with Crippen LogP contribution < -0.4 is 14.2 Å². The summed E-state index contributed by atoms with van der Waals surface area (Å²) in [7, 11) is 0. The van der Waals surface area contributed by atoms with Crippen LogP contribution in [0.2, 0.25) is 0 Å². The second kappa shape index (κ2) is 7.58. The van der Waals surface area contributed by atoms with E-state index in [0.717, 1.165) is 6.42 Å². The lowest BCUT2D eigenvalue weighted by Gasteiger charge is -2.18. The maximum atomic E-state index is 12.8. The maximum Gasteiger partial charge on any atom is 0.573 e. The Morgan fingerprint density at radius 1 is 1.08 bits per heavy atom. The van der Waals surface area contributed by atoms with Gasteiger partial charge in [-0.05, 0) is 50.2 Å². The van der Waals surface area contributed by atoms with E-state index in [1.54, 1.807) is 13.0 Å². The van der Waals surface area contributed by atoms with Crippen LogP contribution in [0.1, 0.15) is 37.7 Å². The van der Waals surface area contributed by atoms with Crippen LogP contribution >= 0.6 is 0 Å². The van der Waals surface area contributed by atoms with Crippen LogP contribution in [0.4, 0.5) is 13.2 Å². The first kappa shape index (κ1) is 18.0. The zero-order valence-corrected chi connectivity index (χ0v) is 14.3. The van der Waals surface area contributed by atoms with Gasteiger partial charge in [0.15, 0.2) is 11.5 Å². The molecular formula is C19H23F3O3. The number of rotatable bonds is 9. The quantitative estimate of drug-likeness (QED) is 0.553. The van der Waals surface area contributed by atoms with Gasteiger partial charge in [0.2, 0.25) is 0 Å². The minimum absolute atomic E-state index is 0.108. The van der Waals surface area contributed by atoms with E-state index in [4.69, 9.17) is 9.47 Å². The van der Waals surface area contributed by atoms with E-state index in [2.05, 4.69) is 10.8 Å². The van der Waals surface area contributed by atoms with Crippen molar-refractivity contribution in [1.29, 1.82) is 0 Å². The average Bonchev–Trinajstić information content (AvgIpc) is 3.42. The van der Waals surface area contributed by atoms with Gasteiger partial charge in [-0.1, -0.05) is 25.0 Å². The number of ether oxygens (including phenoxy) is 3. The monoisotopic (exact) mass is 356 g/mol. The fourth-order valence-electron chi connectivity index (χ4n) is 2.58. The summed E-state index contributed by atoms with van der Waals surface area (Å²) in [6, 6.07) is 3.12. The van der Waals surface area contributed by atoms with E-state index < -0.39 is 6.36 Å². The van der Waals surface area contributed by atoms with E-state index in [0.29, 0.717) is 36.4 Å². The van der Waals surface area contributed by atoms with Gasteiger partial charge in [-0.25, -0.2) is 0 Å². The Bertz CT molecular complexity index is 617. The molecule has 2 fully saturated rings. The molecule has 3 rings (SSSR count). The predicted molar refractivity (Wildman–Crippen MR) is 88.1 cm³/mol. The molecule has 0 N–H and O–H groups in total. The molecule has 6 heteroatoms. The lowest BCUT2D eigenvalue weighted by atomic mass is 10.2. The topological polar surface area (TPSA) is 27.7 Å². The Morgan fingerprint density at radius 2 is 1.80 bits per heavy atom. The van der Waals surface area contributed by atoms with Crippen LogP contribution in [0, 0.1) is 18.8 Å². The molecule has 2 aliphatic rings. The van der Waals surface area contributed by atoms with E-state index in [1.165, 1.54) is 31.7 Å². The minimum Gasteiger partial charge on any atom is -0.490 e. The van der Waals surface area contributed by atoms with Gasteiger partial charge in [0, 0.05) is 5.56 Å². The first-order chi connectivity index (χ1) is 11.9. The van der Waals surface area contributed by atoms with Gasteiger partial charge in [0.25, 0.3) is 0 Å². The van der Waals surface area contributed by atoms with Crippen LogP contribution in [-0.2, 0) is 0 Å². The fourth-order valence-corrected chi connectivity index (χ4v) is 2.58. The molecule has 1 aromatic rings. The molecule has 0 spiro atoms. The smallest absolute Gasteiger partial charge is 0.490 e. The lowest BCUT2D eigenvalue weighted by Crippen LogP contribution is -2.19. The molecule has 0 saturated heterocycles. The SMILES string of the molecule is Cc1c(OC/C=C/C2CC2)ccc(OCCC2CC2)c1OC(F)(F)F. The second-order valence-corrected chi connectivity index (χ2v) is 6.72. The van der Waals surface area contributed by atoms with Crippen LogP contribution in [0.25, 0.3) is 0 Å². The predicted octanol–water partition coefficient (Wildman–Crippen LogP) is 5.42. The Balaban J connectivity index is 1.68. The normalized spacial score (nSPS) is 17.8. The molecule has 2 saturated carbocycles. The molecule has 0 radical (unpaired) electrons. The maximum absolute atomic E-state index is 12.8. The van der Waals surface area contributed by atoms with Crippen molar-refractivity contribution in [3.05, 3.63) is 29.8 Å². The molecule has 0 unspecified atom stereocenters. The van der Waals surface area contributed by atoms with Gasteiger partial charge in [-0.15, -0.1) is 13.2 Å². The highest BCUT2D eigenvalue weighted by atomic mass is 19.4. The van der Waals surface area contributed by atoms with Crippen molar-refractivity contribution in [2.24, 2.45) is 11.8 Å². The summed E-state index contributed by atoms with van der Waals surface area (Å²) in [4.78, 5) is 0. The molecule has 1 aromatic carbocycles. The summed E-state index contributed by atoms with van der Waals surface area (Å²) in [6.07, 6.45) is 4.82. The van der Waals surface area contributed by atoms with Crippen molar-refractivity contribution >= 4 is 0 Å². The first-order valence-corrected chi connectivity index (χ1v) is 8.74. The van der Waals surface area contributed by atoms with Crippen molar-refractivity contribution in [2.75, 3.05) is 13.2 Å². The molecule has 3 nitrogen and oxygen atoms in total. The summed E-state index contributed by atoms with van der Waals surface area (Å²) < 4.78 is 53.6. The highest BCUT2D eigenvalue weighted by Gasteiger charge is 2.34. The van der Waals surface area contributed by atoms with Crippen LogP contribution in [0.5, 0.6) is 17.2 Å². The minimum atomic E-state index is -4.77. The van der Waals surface area contributed by atoms with E-state index >= 15 is 0 Å². The molecule has 0 heterocycles. The molecule has 0 bridgehead atoms. The molecule has 0 amide bonds. The Labute approximate surface area is 145 Å². The van der Waals surface area contributed by atoms with Gasteiger partial charge in [-0.3, -0.25) is 0 Å². The number of hydrogen-bond acceptors (Lipinski definition) is 3. The van der Waals surface area contributed by atoms with Crippen molar-refractivity contribution in [3.8, 4) is 17.2 Å². The molecule has 0 atom stereocenters. The Kier molecular flexibility index (Phi) is 5.45. The van der Waals surface area contributed by atoms with Gasteiger partial charge < -0.3 is 14.2 Å². The van der Waals surface area contributed by atoms with Gasteiger partial charge in [0.1, 0.15) is 12.4 Å². The molecule has 0 aliphatic heterocycles.